The Labute approximate surface area is 141 Å². The van der Waals surface area contributed by atoms with E-state index in [2.05, 4.69) is 28.8 Å². The molecule has 8 nitrogen and oxygen atoms in total. The van der Waals surface area contributed by atoms with Crippen LogP contribution in [0.1, 0.15) is 6.42 Å². The second-order valence-electron chi connectivity index (χ2n) is 4.92. The first-order valence-electron chi connectivity index (χ1n) is 7.61. The Morgan fingerprint density at radius 1 is 1.08 bits per heavy atom. The van der Waals surface area contributed by atoms with Gasteiger partial charge in [0, 0.05) is 51.5 Å². The molecule has 24 heavy (non-hydrogen) atoms. The van der Waals surface area contributed by atoms with E-state index in [0.717, 1.165) is 0 Å². The number of imidazole rings is 1. The van der Waals surface area contributed by atoms with Crippen LogP contribution in [0.4, 0.5) is 0 Å². The molecule has 0 aromatic carbocycles. The van der Waals surface area contributed by atoms with Gasteiger partial charge in [0.05, 0.1) is 6.33 Å². The van der Waals surface area contributed by atoms with Crippen molar-refractivity contribution in [2.24, 2.45) is 0 Å². The number of rotatable bonds is 11. The highest BCUT2D eigenvalue weighted by Gasteiger charge is 2.13. The highest BCUT2D eigenvalue weighted by atomic mass is 16.2. The fourth-order valence-corrected chi connectivity index (χ4v) is 1.94. The van der Waals surface area contributed by atoms with Gasteiger partial charge in [-0.2, -0.15) is 0 Å². The SMILES string of the molecule is C=CC(=O)NCCN(CCNC(=O)C=C)C(=O)CCn1ccnc1. The molecule has 0 fully saturated rings. The first kappa shape index (κ1) is 19.1. The number of carbonyl (C=O) groups excluding carboxylic acids is 3. The van der Waals surface area contributed by atoms with Gasteiger partial charge in [-0.3, -0.25) is 14.4 Å². The monoisotopic (exact) mass is 333 g/mol. The predicted molar refractivity (Wildman–Crippen MR) is 89.8 cm³/mol. The zero-order chi connectivity index (χ0) is 17.8. The number of hydrogen-bond acceptors (Lipinski definition) is 4. The van der Waals surface area contributed by atoms with Crippen LogP contribution in [0.5, 0.6) is 0 Å². The highest BCUT2D eigenvalue weighted by molar-refractivity contribution is 5.87. The fourth-order valence-electron chi connectivity index (χ4n) is 1.94. The van der Waals surface area contributed by atoms with Crippen molar-refractivity contribution >= 4 is 17.7 Å². The van der Waals surface area contributed by atoms with Gasteiger partial charge in [0.15, 0.2) is 0 Å². The Morgan fingerprint density at radius 2 is 1.67 bits per heavy atom. The lowest BCUT2D eigenvalue weighted by Crippen LogP contribution is -2.42. The summed E-state index contributed by atoms with van der Waals surface area (Å²) >= 11 is 0. The van der Waals surface area contributed by atoms with Crippen molar-refractivity contribution in [2.45, 2.75) is 13.0 Å². The zero-order valence-electron chi connectivity index (χ0n) is 13.6. The average molecular weight is 333 g/mol. The molecule has 1 heterocycles. The fraction of sp³-hybridized carbons (Fsp3) is 0.375. The molecule has 1 rings (SSSR count). The van der Waals surface area contributed by atoms with Crippen LogP contribution in [0.2, 0.25) is 0 Å². The standard InChI is InChI=1S/C16H23N5O3/c1-3-14(22)18-7-11-21(12-8-19-15(23)4-2)16(24)5-9-20-10-6-17-13-20/h3-4,6,10,13H,1-2,5,7-9,11-12H2,(H,18,22)(H,19,23). The molecule has 0 aliphatic rings. The minimum absolute atomic E-state index is 0.0654. The maximum atomic E-state index is 12.4. The van der Waals surface area contributed by atoms with Gasteiger partial charge in [-0.05, 0) is 12.2 Å². The van der Waals surface area contributed by atoms with Gasteiger partial charge in [-0.15, -0.1) is 0 Å². The summed E-state index contributed by atoms with van der Waals surface area (Å²) in [6.07, 6.45) is 7.74. The lowest BCUT2D eigenvalue weighted by Gasteiger charge is -2.23. The Hall–Kier alpha value is -2.90. The third-order valence-electron chi connectivity index (χ3n) is 3.23. The molecular weight excluding hydrogens is 310 g/mol. The molecule has 0 saturated heterocycles. The number of hydrogen-bond donors (Lipinski definition) is 2. The van der Waals surface area contributed by atoms with Crippen LogP contribution in [0.25, 0.3) is 0 Å². The molecule has 0 aliphatic heterocycles. The summed E-state index contributed by atoms with van der Waals surface area (Å²) in [6, 6.07) is 0. The first-order valence-corrected chi connectivity index (χ1v) is 7.61. The van der Waals surface area contributed by atoms with Crippen molar-refractivity contribution in [3.05, 3.63) is 44.0 Å². The van der Waals surface area contributed by atoms with E-state index in [0.29, 0.717) is 39.1 Å². The second kappa shape index (κ2) is 10.8. The Morgan fingerprint density at radius 3 is 2.12 bits per heavy atom. The maximum absolute atomic E-state index is 12.4. The maximum Gasteiger partial charge on any atom is 0.243 e. The molecule has 0 spiro atoms. The van der Waals surface area contributed by atoms with Crippen LogP contribution in [-0.2, 0) is 20.9 Å². The first-order chi connectivity index (χ1) is 11.6. The molecule has 1 aromatic heterocycles. The molecule has 0 radical (unpaired) electrons. The summed E-state index contributed by atoms with van der Waals surface area (Å²) in [6.45, 7) is 8.60. The van der Waals surface area contributed by atoms with Gasteiger partial charge in [0.1, 0.15) is 0 Å². The van der Waals surface area contributed by atoms with Gasteiger partial charge < -0.3 is 20.1 Å². The van der Waals surface area contributed by atoms with Gasteiger partial charge in [-0.25, -0.2) is 4.98 Å². The van der Waals surface area contributed by atoms with Crippen molar-refractivity contribution in [3.8, 4) is 0 Å². The summed E-state index contributed by atoms with van der Waals surface area (Å²) in [4.78, 5) is 40.2. The molecule has 0 atom stereocenters. The van der Waals surface area contributed by atoms with E-state index < -0.39 is 0 Å². The number of nitrogens with zero attached hydrogens (tertiary/aromatic N) is 3. The number of carbonyl (C=O) groups is 3. The van der Waals surface area contributed by atoms with Crippen molar-refractivity contribution in [1.82, 2.24) is 25.1 Å². The zero-order valence-corrected chi connectivity index (χ0v) is 13.6. The molecule has 0 unspecified atom stereocenters. The van der Waals surface area contributed by atoms with Crippen LogP contribution in [0, 0.1) is 0 Å². The third kappa shape index (κ3) is 7.39. The quantitative estimate of drug-likeness (QED) is 0.544. The molecule has 3 amide bonds. The molecule has 0 aliphatic carbocycles. The third-order valence-corrected chi connectivity index (χ3v) is 3.23. The van der Waals surface area contributed by atoms with E-state index in [1.54, 1.807) is 23.6 Å². The van der Waals surface area contributed by atoms with Crippen LogP contribution in [-0.4, -0.2) is 58.4 Å². The van der Waals surface area contributed by atoms with E-state index in [4.69, 9.17) is 0 Å². The molecule has 0 bridgehead atoms. The van der Waals surface area contributed by atoms with Crippen LogP contribution in [0.15, 0.2) is 44.0 Å². The summed E-state index contributed by atoms with van der Waals surface area (Å²) < 4.78 is 1.81. The second-order valence-corrected chi connectivity index (χ2v) is 4.92. The van der Waals surface area contributed by atoms with E-state index >= 15 is 0 Å². The lowest BCUT2D eigenvalue weighted by molar-refractivity contribution is -0.132. The number of amides is 3. The van der Waals surface area contributed by atoms with E-state index in [1.165, 1.54) is 12.2 Å². The smallest absolute Gasteiger partial charge is 0.243 e. The predicted octanol–water partition coefficient (Wildman–Crippen LogP) is -0.294. The summed E-state index contributed by atoms with van der Waals surface area (Å²) in [5.74, 6) is -0.647. The topological polar surface area (TPSA) is 96.3 Å². The highest BCUT2D eigenvalue weighted by Crippen LogP contribution is 1.98. The average Bonchev–Trinajstić information content (AvgIpc) is 3.11. The minimum Gasteiger partial charge on any atom is -0.351 e. The Bertz CT molecular complexity index is 542. The van der Waals surface area contributed by atoms with Gasteiger partial charge in [0.2, 0.25) is 17.7 Å². The van der Waals surface area contributed by atoms with Crippen molar-refractivity contribution in [2.75, 3.05) is 26.2 Å². The normalized spacial score (nSPS) is 9.83. The molecule has 8 heteroatoms. The number of aryl methyl sites for hydroxylation is 1. The van der Waals surface area contributed by atoms with Gasteiger partial charge in [-0.1, -0.05) is 13.2 Å². The number of nitrogens with one attached hydrogen (secondary N) is 2. The van der Waals surface area contributed by atoms with Crippen molar-refractivity contribution in [3.63, 3.8) is 0 Å². The van der Waals surface area contributed by atoms with Gasteiger partial charge >= 0.3 is 0 Å². The van der Waals surface area contributed by atoms with Crippen molar-refractivity contribution in [1.29, 1.82) is 0 Å². The summed E-state index contributed by atoms with van der Waals surface area (Å²) in [5, 5.41) is 5.26. The Balaban J connectivity index is 2.48. The minimum atomic E-state index is -0.291. The van der Waals surface area contributed by atoms with Crippen LogP contribution < -0.4 is 10.6 Å². The number of aromatic nitrogens is 2. The Kier molecular flexibility index (Phi) is 8.59. The van der Waals surface area contributed by atoms with Crippen molar-refractivity contribution < 1.29 is 14.4 Å². The largest absolute Gasteiger partial charge is 0.351 e. The van der Waals surface area contributed by atoms with Crippen LogP contribution in [0.3, 0.4) is 0 Å². The summed E-state index contributed by atoms with van der Waals surface area (Å²) in [7, 11) is 0. The van der Waals surface area contributed by atoms with Gasteiger partial charge in [0.25, 0.3) is 0 Å². The molecular formula is C16H23N5O3. The lowest BCUT2D eigenvalue weighted by atomic mass is 10.3. The molecule has 2 N–H and O–H groups in total. The van der Waals surface area contributed by atoms with E-state index in [1.807, 2.05) is 4.57 Å². The molecule has 0 saturated carbocycles. The van der Waals surface area contributed by atoms with Crippen LogP contribution >= 0.6 is 0 Å². The molecule has 1 aromatic rings. The molecule has 130 valence electrons. The summed E-state index contributed by atoms with van der Waals surface area (Å²) in [5.41, 5.74) is 0. The van der Waals surface area contributed by atoms with E-state index in [-0.39, 0.29) is 17.7 Å². The van der Waals surface area contributed by atoms with E-state index in [9.17, 15) is 14.4 Å².